The van der Waals surface area contributed by atoms with Gasteiger partial charge < -0.3 is 24.2 Å². The lowest BCUT2D eigenvalue weighted by Crippen LogP contribution is -3.12. The minimum absolute atomic E-state index is 0.156. The third-order valence-corrected chi connectivity index (χ3v) is 4.93. The van der Waals surface area contributed by atoms with E-state index < -0.39 is 0 Å². The number of rotatable bonds is 4. The Balaban J connectivity index is 1.64. The topological polar surface area (TPSA) is 69.4 Å². The summed E-state index contributed by atoms with van der Waals surface area (Å²) in [6, 6.07) is 10.6. The van der Waals surface area contributed by atoms with Gasteiger partial charge in [-0.1, -0.05) is 12.1 Å². The standard InChI is InChI=1S/C21H21NO5/c1-25-15-4-2-3-14(11-15)12-19-20(24)16-5-6-18(23)17(21(16)27-19)13-22-7-9-26-10-8-22/h2-6,11-12,23H,7-10,13H2,1H3/p+1/b19-12-. The number of morpholine rings is 1. The summed E-state index contributed by atoms with van der Waals surface area (Å²) in [5.41, 5.74) is 1.98. The van der Waals surface area contributed by atoms with Crippen LogP contribution < -0.4 is 14.4 Å². The number of hydrogen-bond acceptors (Lipinski definition) is 5. The number of carbonyl (C=O) groups is 1. The fourth-order valence-corrected chi connectivity index (χ4v) is 3.44. The molecule has 2 aromatic rings. The van der Waals surface area contributed by atoms with E-state index in [1.807, 2.05) is 24.3 Å². The predicted molar refractivity (Wildman–Crippen MR) is 99.3 cm³/mol. The number of quaternary nitrogens is 1. The Bertz CT molecular complexity index is 899. The van der Waals surface area contributed by atoms with Crippen LogP contribution in [-0.4, -0.2) is 44.3 Å². The van der Waals surface area contributed by atoms with E-state index in [4.69, 9.17) is 14.2 Å². The average Bonchev–Trinajstić information content (AvgIpc) is 3.01. The van der Waals surface area contributed by atoms with Crippen molar-refractivity contribution in [1.29, 1.82) is 0 Å². The molecule has 0 bridgehead atoms. The molecule has 27 heavy (non-hydrogen) atoms. The van der Waals surface area contributed by atoms with Crippen molar-refractivity contribution in [3.05, 3.63) is 58.8 Å². The van der Waals surface area contributed by atoms with Crippen LogP contribution in [0.1, 0.15) is 21.5 Å². The van der Waals surface area contributed by atoms with Crippen molar-refractivity contribution in [2.75, 3.05) is 33.4 Å². The molecule has 4 rings (SSSR count). The van der Waals surface area contributed by atoms with E-state index >= 15 is 0 Å². The third kappa shape index (κ3) is 3.54. The first-order valence-corrected chi connectivity index (χ1v) is 9.00. The minimum atomic E-state index is -0.175. The Morgan fingerprint density at radius 1 is 1.22 bits per heavy atom. The summed E-state index contributed by atoms with van der Waals surface area (Å²) in [4.78, 5) is 14.1. The monoisotopic (exact) mass is 368 g/mol. The number of nitrogens with one attached hydrogen (secondary N) is 1. The molecule has 0 aromatic heterocycles. The fraction of sp³-hybridized carbons (Fsp3) is 0.286. The number of fused-ring (bicyclic) bond motifs is 1. The second kappa shape index (κ2) is 7.42. The number of allylic oxidation sites excluding steroid dienone is 1. The molecule has 0 unspecified atom stereocenters. The van der Waals surface area contributed by atoms with Crippen LogP contribution in [0.25, 0.3) is 6.08 Å². The van der Waals surface area contributed by atoms with Crippen LogP contribution in [0.5, 0.6) is 17.2 Å². The van der Waals surface area contributed by atoms with Crippen LogP contribution in [0.3, 0.4) is 0 Å². The highest BCUT2D eigenvalue weighted by Crippen LogP contribution is 2.39. The van der Waals surface area contributed by atoms with Gasteiger partial charge in [-0.2, -0.15) is 0 Å². The number of hydrogen-bond donors (Lipinski definition) is 2. The Morgan fingerprint density at radius 3 is 2.81 bits per heavy atom. The van der Waals surface area contributed by atoms with Crippen LogP contribution in [0.4, 0.5) is 0 Å². The second-order valence-electron chi connectivity index (χ2n) is 6.70. The summed E-state index contributed by atoms with van der Waals surface area (Å²) in [6.45, 7) is 3.73. The molecule has 2 N–H and O–H groups in total. The van der Waals surface area contributed by atoms with Crippen LogP contribution >= 0.6 is 0 Å². The molecule has 0 aliphatic carbocycles. The number of phenolic OH excluding ortho intramolecular Hbond substituents is 1. The summed E-state index contributed by atoms with van der Waals surface area (Å²) >= 11 is 0. The lowest BCUT2D eigenvalue weighted by molar-refractivity contribution is -0.921. The minimum Gasteiger partial charge on any atom is -0.507 e. The molecule has 0 atom stereocenters. The number of benzene rings is 2. The second-order valence-corrected chi connectivity index (χ2v) is 6.70. The molecule has 1 fully saturated rings. The lowest BCUT2D eigenvalue weighted by atomic mass is 10.0. The van der Waals surface area contributed by atoms with Gasteiger partial charge in [-0.05, 0) is 35.9 Å². The molecular formula is C21H22NO5+. The lowest BCUT2D eigenvalue weighted by Gasteiger charge is -2.24. The van der Waals surface area contributed by atoms with Crippen LogP contribution in [0, 0.1) is 0 Å². The Labute approximate surface area is 157 Å². The summed E-state index contributed by atoms with van der Waals surface area (Å²) in [5.74, 6) is 1.41. The third-order valence-electron chi connectivity index (χ3n) is 4.93. The molecule has 0 spiro atoms. The number of ketones is 1. The molecule has 0 amide bonds. The Kier molecular flexibility index (Phi) is 4.83. The zero-order valence-electron chi connectivity index (χ0n) is 15.2. The SMILES string of the molecule is COc1cccc(/C=C2\Oc3c(ccc(O)c3C[NH+]3CCOCC3)C2=O)c1. The smallest absolute Gasteiger partial charge is 0.231 e. The first kappa shape index (κ1) is 17.6. The van der Waals surface area contributed by atoms with Gasteiger partial charge in [0.1, 0.15) is 31.1 Å². The van der Waals surface area contributed by atoms with E-state index in [1.54, 1.807) is 25.3 Å². The molecule has 2 heterocycles. The quantitative estimate of drug-likeness (QED) is 0.799. The predicted octanol–water partition coefficient (Wildman–Crippen LogP) is 1.43. The molecular weight excluding hydrogens is 346 g/mol. The normalized spacial score (nSPS) is 18.4. The van der Waals surface area contributed by atoms with Crippen molar-refractivity contribution in [1.82, 2.24) is 0 Å². The summed E-state index contributed by atoms with van der Waals surface area (Å²) in [5, 5.41) is 10.4. The highest BCUT2D eigenvalue weighted by atomic mass is 16.5. The Hall–Kier alpha value is -2.83. The van der Waals surface area contributed by atoms with Crippen molar-refractivity contribution >= 4 is 11.9 Å². The molecule has 6 heteroatoms. The average molecular weight is 368 g/mol. The number of aromatic hydroxyl groups is 1. The zero-order chi connectivity index (χ0) is 18.8. The molecule has 2 aliphatic heterocycles. The van der Waals surface area contributed by atoms with Gasteiger partial charge in [-0.15, -0.1) is 0 Å². The molecule has 6 nitrogen and oxygen atoms in total. The highest BCUT2D eigenvalue weighted by Gasteiger charge is 2.32. The van der Waals surface area contributed by atoms with E-state index in [1.165, 1.54) is 4.90 Å². The molecule has 140 valence electrons. The van der Waals surface area contributed by atoms with Crippen LogP contribution in [-0.2, 0) is 11.3 Å². The zero-order valence-corrected chi connectivity index (χ0v) is 15.2. The molecule has 1 saturated heterocycles. The molecule has 2 aliphatic rings. The first-order chi connectivity index (χ1) is 13.2. The van der Waals surface area contributed by atoms with Gasteiger partial charge in [0.15, 0.2) is 11.5 Å². The van der Waals surface area contributed by atoms with Crippen molar-refractivity contribution in [2.24, 2.45) is 0 Å². The number of ether oxygens (including phenoxy) is 3. The maximum Gasteiger partial charge on any atom is 0.231 e. The van der Waals surface area contributed by atoms with E-state index in [9.17, 15) is 9.90 Å². The fourth-order valence-electron chi connectivity index (χ4n) is 3.44. The van der Waals surface area contributed by atoms with Gasteiger partial charge in [0, 0.05) is 0 Å². The number of carbonyl (C=O) groups excluding carboxylic acids is 1. The van der Waals surface area contributed by atoms with Crippen molar-refractivity contribution in [3.8, 4) is 17.2 Å². The van der Waals surface area contributed by atoms with Crippen LogP contribution in [0.2, 0.25) is 0 Å². The van der Waals surface area contributed by atoms with E-state index in [0.717, 1.165) is 18.7 Å². The van der Waals surface area contributed by atoms with Gasteiger partial charge >= 0.3 is 0 Å². The summed E-state index contributed by atoms with van der Waals surface area (Å²) < 4.78 is 16.5. The summed E-state index contributed by atoms with van der Waals surface area (Å²) in [7, 11) is 1.60. The maximum atomic E-state index is 12.8. The van der Waals surface area contributed by atoms with E-state index in [2.05, 4.69) is 0 Å². The first-order valence-electron chi connectivity index (χ1n) is 9.00. The number of methoxy groups -OCH3 is 1. The van der Waals surface area contributed by atoms with E-state index in [-0.39, 0.29) is 17.3 Å². The molecule has 2 aromatic carbocycles. The van der Waals surface area contributed by atoms with Gasteiger partial charge in [-0.3, -0.25) is 4.79 Å². The maximum absolute atomic E-state index is 12.8. The molecule has 0 saturated carbocycles. The number of Topliss-reactive ketones (excluding diaryl/α,β-unsaturated/α-hetero) is 1. The van der Waals surface area contributed by atoms with Gasteiger partial charge in [0.25, 0.3) is 0 Å². The van der Waals surface area contributed by atoms with Crippen molar-refractivity contribution < 1.29 is 29.0 Å². The van der Waals surface area contributed by atoms with E-state index in [0.29, 0.717) is 42.4 Å². The highest BCUT2D eigenvalue weighted by molar-refractivity contribution is 6.15. The number of phenols is 1. The van der Waals surface area contributed by atoms with Gasteiger partial charge in [0.05, 0.1) is 31.5 Å². The Morgan fingerprint density at radius 2 is 2.04 bits per heavy atom. The largest absolute Gasteiger partial charge is 0.507 e. The van der Waals surface area contributed by atoms with Crippen molar-refractivity contribution in [2.45, 2.75) is 6.54 Å². The van der Waals surface area contributed by atoms with Crippen LogP contribution in [0.15, 0.2) is 42.2 Å². The van der Waals surface area contributed by atoms with Crippen molar-refractivity contribution in [3.63, 3.8) is 0 Å². The molecule has 0 radical (unpaired) electrons. The van der Waals surface area contributed by atoms with Gasteiger partial charge in [0.2, 0.25) is 5.78 Å². The van der Waals surface area contributed by atoms with Gasteiger partial charge in [-0.25, -0.2) is 0 Å². The summed E-state index contributed by atoms with van der Waals surface area (Å²) in [6.07, 6.45) is 1.70.